The van der Waals surface area contributed by atoms with Gasteiger partial charge in [0, 0.05) is 23.8 Å². The highest BCUT2D eigenvalue weighted by Crippen LogP contribution is 2.34. The van der Waals surface area contributed by atoms with Crippen LogP contribution in [0, 0.1) is 5.92 Å². The molecule has 3 unspecified atom stereocenters. The summed E-state index contributed by atoms with van der Waals surface area (Å²) in [7, 11) is 0. The second kappa shape index (κ2) is 5.21. The molecule has 2 bridgehead atoms. The molecule has 0 aliphatic carbocycles. The molecule has 2 aliphatic rings. The van der Waals surface area contributed by atoms with Crippen LogP contribution in [0.1, 0.15) is 26.2 Å². The zero-order valence-electron chi connectivity index (χ0n) is 11.2. The second-order valence-corrected chi connectivity index (χ2v) is 5.34. The Bertz CT molecular complexity index is 475. The van der Waals surface area contributed by atoms with Crippen LogP contribution in [-0.4, -0.2) is 24.6 Å². The highest BCUT2D eigenvalue weighted by Gasteiger charge is 2.42. The zero-order chi connectivity index (χ0) is 13.2. The molecule has 0 radical (unpaired) electrons. The lowest BCUT2D eigenvalue weighted by Gasteiger charge is -2.19. The highest BCUT2D eigenvalue weighted by atomic mass is 16.5. The van der Waals surface area contributed by atoms with Gasteiger partial charge in [-0.2, -0.15) is 0 Å². The third-order valence-corrected chi connectivity index (χ3v) is 4.05. The summed E-state index contributed by atoms with van der Waals surface area (Å²) < 4.78 is 5.44. The van der Waals surface area contributed by atoms with E-state index < -0.39 is 0 Å². The number of hydrogen-bond acceptors (Lipinski definition) is 3. The molecular weight excluding hydrogens is 240 g/mol. The lowest BCUT2D eigenvalue weighted by Crippen LogP contribution is -2.32. The van der Waals surface area contributed by atoms with Crippen LogP contribution in [0.15, 0.2) is 24.3 Å². The smallest absolute Gasteiger partial charge is 0.229 e. The normalized spacial score (nSPS) is 28.4. The molecular formula is C15H20N2O2. The highest BCUT2D eigenvalue weighted by molar-refractivity contribution is 5.93. The Labute approximate surface area is 113 Å². The van der Waals surface area contributed by atoms with Crippen LogP contribution in [-0.2, 0) is 4.79 Å². The van der Waals surface area contributed by atoms with Crippen LogP contribution in [0.5, 0.6) is 5.75 Å². The molecule has 1 aromatic carbocycles. The summed E-state index contributed by atoms with van der Waals surface area (Å²) in [4.78, 5) is 12.3. The summed E-state index contributed by atoms with van der Waals surface area (Å²) in [5, 5.41) is 6.50. The lowest BCUT2D eigenvalue weighted by atomic mass is 9.88. The van der Waals surface area contributed by atoms with E-state index in [0.29, 0.717) is 18.7 Å². The van der Waals surface area contributed by atoms with Gasteiger partial charge in [0.05, 0.1) is 12.5 Å². The molecule has 3 atom stereocenters. The molecule has 4 nitrogen and oxygen atoms in total. The fourth-order valence-electron chi connectivity index (χ4n) is 3.18. The maximum absolute atomic E-state index is 12.3. The molecule has 1 amide bonds. The molecule has 0 aromatic heterocycles. The van der Waals surface area contributed by atoms with E-state index in [0.717, 1.165) is 24.3 Å². The largest absolute Gasteiger partial charge is 0.494 e. The SMILES string of the molecule is CCOc1cccc(NC(=O)C2CC3CCC2N3)c1. The minimum Gasteiger partial charge on any atom is -0.494 e. The molecule has 2 saturated heterocycles. The van der Waals surface area contributed by atoms with Crippen LogP contribution in [0.25, 0.3) is 0 Å². The molecule has 3 rings (SSSR count). The number of benzene rings is 1. The minimum atomic E-state index is 0.120. The number of amides is 1. The maximum atomic E-state index is 12.3. The topological polar surface area (TPSA) is 50.4 Å². The number of anilines is 1. The summed E-state index contributed by atoms with van der Waals surface area (Å²) in [5.41, 5.74) is 0.818. The van der Waals surface area contributed by atoms with Crippen molar-refractivity contribution in [3.05, 3.63) is 24.3 Å². The van der Waals surface area contributed by atoms with Gasteiger partial charge in [-0.3, -0.25) is 4.79 Å². The van der Waals surface area contributed by atoms with E-state index in [4.69, 9.17) is 4.74 Å². The molecule has 0 saturated carbocycles. The Morgan fingerprint density at radius 3 is 3.05 bits per heavy atom. The number of nitrogens with one attached hydrogen (secondary N) is 2. The van der Waals surface area contributed by atoms with E-state index in [9.17, 15) is 4.79 Å². The van der Waals surface area contributed by atoms with E-state index in [1.807, 2.05) is 31.2 Å². The van der Waals surface area contributed by atoms with Crippen molar-refractivity contribution in [1.29, 1.82) is 0 Å². The van der Waals surface area contributed by atoms with Gasteiger partial charge >= 0.3 is 0 Å². The van der Waals surface area contributed by atoms with Crippen molar-refractivity contribution in [2.75, 3.05) is 11.9 Å². The summed E-state index contributed by atoms with van der Waals surface area (Å²) in [6.07, 6.45) is 3.32. The standard InChI is InChI=1S/C15H20N2O2/c1-2-19-12-5-3-4-10(8-12)17-15(18)13-9-11-6-7-14(13)16-11/h3-5,8,11,13-14,16H,2,6-7,9H2,1H3,(H,17,18). The molecule has 2 aliphatic heterocycles. The Morgan fingerprint density at radius 2 is 2.37 bits per heavy atom. The van der Waals surface area contributed by atoms with E-state index in [2.05, 4.69) is 10.6 Å². The van der Waals surface area contributed by atoms with Crippen molar-refractivity contribution >= 4 is 11.6 Å². The molecule has 2 fully saturated rings. The van der Waals surface area contributed by atoms with Gasteiger partial charge in [0.15, 0.2) is 0 Å². The van der Waals surface area contributed by atoms with E-state index in [1.54, 1.807) is 0 Å². The first-order valence-electron chi connectivity index (χ1n) is 7.06. The number of carbonyl (C=O) groups excluding carboxylic acids is 1. The van der Waals surface area contributed by atoms with E-state index in [-0.39, 0.29) is 11.8 Å². The first-order valence-corrected chi connectivity index (χ1v) is 7.06. The second-order valence-electron chi connectivity index (χ2n) is 5.34. The number of ether oxygens (including phenoxy) is 1. The molecule has 1 aromatic rings. The number of carbonyl (C=O) groups is 1. The summed E-state index contributed by atoms with van der Waals surface area (Å²) in [5.74, 6) is 1.05. The van der Waals surface area contributed by atoms with Gasteiger partial charge < -0.3 is 15.4 Å². The van der Waals surface area contributed by atoms with E-state index in [1.165, 1.54) is 6.42 Å². The van der Waals surface area contributed by atoms with Crippen LogP contribution in [0.3, 0.4) is 0 Å². The fourth-order valence-corrected chi connectivity index (χ4v) is 3.18. The Morgan fingerprint density at radius 1 is 1.47 bits per heavy atom. The van der Waals surface area contributed by atoms with Gasteiger partial charge in [-0.1, -0.05) is 6.07 Å². The molecule has 102 valence electrons. The quantitative estimate of drug-likeness (QED) is 0.872. The summed E-state index contributed by atoms with van der Waals surface area (Å²) in [6, 6.07) is 8.51. The van der Waals surface area contributed by atoms with Crippen LogP contribution in [0.4, 0.5) is 5.69 Å². The van der Waals surface area contributed by atoms with Crippen molar-refractivity contribution in [2.45, 2.75) is 38.3 Å². The molecule has 0 spiro atoms. The Balaban J connectivity index is 1.64. The third kappa shape index (κ3) is 2.59. The molecule has 4 heteroatoms. The molecule has 19 heavy (non-hydrogen) atoms. The van der Waals surface area contributed by atoms with Crippen molar-refractivity contribution in [3.8, 4) is 5.75 Å². The van der Waals surface area contributed by atoms with Gasteiger partial charge in [0.1, 0.15) is 5.75 Å². The predicted molar refractivity (Wildman–Crippen MR) is 74.3 cm³/mol. The van der Waals surface area contributed by atoms with E-state index >= 15 is 0 Å². The van der Waals surface area contributed by atoms with Gasteiger partial charge in [0.25, 0.3) is 0 Å². The van der Waals surface area contributed by atoms with Crippen molar-refractivity contribution < 1.29 is 9.53 Å². The maximum Gasteiger partial charge on any atom is 0.229 e. The van der Waals surface area contributed by atoms with Crippen molar-refractivity contribution in [1.82, 2.24) is 5.32 Å². The number of fused-ring (bicyclic) bond motifs is 2. The number of hydrogen-bond donors (Lipinski definition) is 2. The van der Waals surface area contributed by atoms with Gasteiger partial charge in [0.2, 0.25) is 5.91 Å². The molecule has 2 N–H and O–H groups in total. The first-order chi connectivity index (χ1) is 9.26. The Hall–Kier alpha value is -1.55. The van der Waals surface area contributed by atoms with Crippen molar-refractivity contribution in [2.24, 2.45) is 5.92 Å². The minimum absolute atomic E-state index is 0.120. The first kappa shape index (κ1) is 12.5. The predicted octanol–water partition coefficient (Wildman–Crippen LogP) is 2.16. The van der Waals surface area contributed by atoms with Crippen LogP contribution < -0.4 is 15.4 Å². The van der Waals surface area contributed by atoms with Crippen molar-refractivity contribution in [3.63, 3.8) is 0 Å². The molecule has 2 heterocycles. The average Bonchev–Trinajstić information content (AvgIpc) is 3.02. The summed E-state index contributed by atoms with van der Waals surface area (Å²) >= 11 is 0. The average molecular weight is 260 g/mol. The van der Waals surface area contributed by atoms with Gasteiger partial charge in [-0.05, 0) is 38.3 Å². The summed E-state index contributed by atoms with van der Waals surface area (Å²) in [6.45, 7) is 2.58. The zero-order valence-corrected chi connectivity index (χ0v) is 11.2. The third-order valence-electron chi connectivity index (χ3n) is 4.05. The van der Waals surface area contributed by atoms with Gasteiger partial charge in [-0.15, -0.1) is 0 Å². The van der Waals surface area contributed by atoms with Crippen LogP contribution >= 0.6 is 0 Å². The lowest BCUT2D eigenvalue weighted by molar-refractivity contribution is -0.120. The van der Waals surface area contributed by atoms with Gasteiger partial charge in [-0.25, -0.2) is 0 Å². The van der Waals surface area contributed by atoms with Crippen LogP contribution in [0.2, 0.25) is 0 Å². The number of rotatable bonds is 4. The monoisotopic (exact) mass is 260 g/mol. The Kier molecular flexibility index (Phi) is 3.42. The fraction of sp³-hybridized carbons (Fsp3) is 0.533.